The van der Waals surface area contributed by atoms with Gasteiger partial charge in [0.25, 0.3) is 5.91 Å². The van der Waals surface area contributed by atoms with Gasteiger partial charge in [0, 0.05) is 32.9 Å². The lowest BCUT2D eigenvalue weighted by Gasteiger charge is -2.34. The van der Waals surface area contributed by atoms with Crippen LogP contribution in [0.4, 0.5) is 5.82 Å². The van der Waals surface area contributed by atoms with Gasteiger partial charge in [-0.25, -0.2) is 15.0 Å². The maximum Gasteiger partial charge on any atom is 0.294 e. The van der Waals surface area contributed by atoms with Crippen LogP contribution in [0, 0.1) is 0 Å². The number of nitrogens with zero attached hydrogens (tertiary/aromatic N) is 7. The van der Waals surface area contributed by atoms with E-state index in [4.69, 9.17) is 14.5 Å². The van der Waals surface area contributed by atoms with Gasteiger partial charge in [-0.05, 0) is 6.07 Å². The van der Waals surface area contributed by atoms with Crippen LogP contribution in [-0.2, 0) is 16.5 Å². The Morgan fingerprint density at radius 2 is 1.96 bits per heavy atom. The predicted molar refractivity (Wildman–Crippen MR) is 90.7 cm³/mol. The Labute approximate surface area is 150 Å². The molecule has 2 aliphatic heterocycles. The first-order chi connectivity index (χ1) is 12.7. The second kappa shape index (κ2) is 7.34. The number of aryl methyl sites for hydroxylation is 1. The molecule has 0 saturated carbocycles. The molecule has 0 aliphatic carbocycles. The Morgan fingerprint density at radius 3 is 2.73 bits per heavy atom. The molecule has 10 heteroatoms. The summed E-state index contributed by atoms with van der Waals surface area (Å²) < 4.78 is 12.5. The van der Waals surface area contributed by atoms with Gasteiger partial charge in [0.15, 0.2) is 5.82 Å². The smallest absolute Gasteiger partial charge is 0.294 e. The molecule has 1 atom stereocenters. The van der Waals surface area contributed by atoms with Crippen LogP contribution in [0.15, 0.2) is 18.6 Å². The summed E-state index contributed by atoms with van der Waals surface area (Å²) in [6.45, 7) is 4.22. The van der Waals surface area contributed by atoms with Gasteiger partial charge in [-0.15, -0.1) is 5.10 Å². The quantitative estimate of drug-likeness (QED) is 0.734. The molecule has 2 saturated heterocycles. The minimum Gasteiger partial charge on any atom is -0.378 e. The topological polar surface area (TPSA) is 98.5 Å². The van der Waals surface area contributed by atoms with Crippen LogP contribution in [0.1, 0.15) is 22.5 Å². The third kappa shape index (κ3) is 3.37. The van der Waals surface area contributed by atoms with E-state index in [9.17, 15) is 4.79 Å². The van der Waals surface area contributed by atoms with Gasteiger partial charge in [-0.1, -0.05) is 0 Å². The fraction of sp³-hybridized carbons (Fsp3) is 0.562. The lowest BCUT2D eigenvalue weighted by Crippen LogP contribution is -2.44. The van der Waals surface area contributed by atoms with Crippen molar-refractivity contribution in [1.29, 1.82) is 0 Å². The van der Waals surface area contributed by atoms with Crippen LogP contribution in [0.25, 0.3) is 0 Å². The molecule has 26 heavy (non-hydrogen) atoms. The predicted octanol–water partition coefficient (Wildman–Crippen LogP) is -0.345. The largest absolute Gasteiger partial charge is 0.378 e. The molecule has 2 aromatic heterocycles. The number of anilines is 1. The van der Waals surface area contributed by atoms with Crippen molar-refractivity contribution < 1.29 is 14.3 Å². The first kappa shape index (κ1) is 16.9. The zero-order chi connectivity index (χ0) is 17.9. The summed E-state index contributed by atoms with van der Waals surface area (Å²) in [7, 11) is 1.73. The highest BCUT2D eigenvalue weighted by molar-refractivity contribution is 5.90. The molecule has 4 rings (SSSR count). The van der Waals surface area contributed by atoms with Crippen molar-refractivity contribution in [1.82, 2.24) is 29.6 Å². The Morgan fingerprint density at radius 1 is 1.15 bits per heavy atom. The minimum absolute atomic E-state index is 0.170. The van der Waals surface area contributed by atoms with Crippen molar-refractivity contribution in [3.05, 3.63) is 30.2 Å². The lowest BCUT2D eigenvalue weighted by atomic mass is 10.2. The third-order valence-corrected chi connectivity index (χ3v) is 4.47. The summed E-state index contributed by atoms with van der Waals surface area (Å²) in [5, 5.41) is 4.12. The fourth-order valence-corrected chi connectivity index (χ4v) is 3.12. The zero-order valence-corrected chi connectivity index (χ0v) is 14.6. The molecule has 0 unspecified atom stereocenters. The second-order valence-corrected chi connectivity index (χ2v) is 6.20. The summed E-state index contributed by atoms with van der Waals surface area (Å²) in [4.78, 5) is 29.8. The van der Waals surface area contributed by atoms with Crippen molar-refractivity contribution in [2.75, 3.05) is 51.0 Å². The molecule has 138 valence electrons. The molecule has 2 fully saturated rings. The molecule has 0 spiro atoms. The van der Waals surface area contributed by atoms with Crippen LogP contribution in [0.5, 0.6) is 0 Å². The molecule has 0 bridgehead atoms. The van der Waals surface area contributed by atoms with Crippen molar-refractivity contribution in [2.24, 2.45) is 7.05 Å². The summed E-state index contributed by atoms with van der Waals surface area (Å²) in [6.07, 6.45) is 3.24. The van der Waals surface area contributed by atoms with E-state index >= 15 is 0 Å². The van der Waals surface area contributed by atoms with E-state index in [0.717, 1.165) is 18.9 Å². The molecule has 0 aromatic carbocycles. The van der Waals surface area contributed by atoms with E-state index in [2.05, 4.69) is 20.0 Å². The fourth-order valence-electron chi connectivity index (χ4n) is 3.12. The SMILES string of the molecule is Cn1cnc(C(=O)N2CCOC[C@@H]2c2nccc(N3CCOCC3)n2)n1. The highest BCUT2D eigenvalue weighted by Crippen LogP contribution is 2.24. The molecule has 10 nitrogen and oxygen atoms in total. The normalized spacial score (nSPS) is 21.0. The van der Waals surface area contributed by atoms with E-state index in [1.165, 1.54) is 11.0 Å². The molecule has 2 aromatic rings. The summed E-state index contributed by atoms with van der Waals surface area (Å²) in [5.41, 5.74) is 0. The van der Waals surface area contributed by atoms with E-state index in [1.54, 1.807) is 18.1 Å². The third-order valence-electron chi connectivity index (χ3n) is 4.47. The molecule has 0 radical (unpaired) electrons. The standard InChI is InChI=1S/C16H21N7O3/c1-21-11-18-15(20-21)16(24)23-6-9-26-10-12(23)14-17-3-2-13(19-14)22-4-7-25-8-5-22/h2-3,11-12H,4-10H2,1H3/t12-/m1/s1. The van der Waals surface area contributed by atoms with Crippen LogP contribution in [0.3, 0.4) is 0 Å². The average Bonchev–Trinajstić information content (AvgIpc) is 3.14. The van der Waals surface area contributed by atoms with E-state index < -0.39 is 0 Å². The molecule has 1 amide bonds. The van der Waals surface area contributed by atoms with Crippen LogP contribution in [0.2, 0.25) is 0 Å². The zero-order valence-electron chi connectivity index (χ0n) is 14.6. The second-order valence-electron chi connectivity index (χ2n) is 6.20. The number of carbonyl (C=O) groups is 1. The van der Waals surface area contributed by atoms with Gasteiger partial charge in [0.05, 0.1) is 26.4 Å². The Hall–Kier alpha value is -2.59. The Kier molecular flexibility index (Phi) is 4.76. The molecular weight excluding hydrogens is 338 g/mol. The number of ether oxygens (including phenoxy) is 2. The average molecular weight is 359 g/mol. The van der Waals surface area contributed by atoms with Crippen LogP contribution in [-0.4, -0.2) is 81.6 Å². The van der Waals surface area contributed by atoms with E-state index in [1.807, 2.05) is 6.07 Å². The molecule has 0 N–H and O–H groups in total. The van der Waals surface area contributed by atoms with Gasteiger partial charge in [-0.2, -0.15) is 0 Å². The van der Waals surface area contributed by atoms with Crippen LogP contribution >= 0.6 is 0 Å². The van der Waals surface area contributed by atoms with Crippen molar-refractivity contribution in [3.63, 3.8) is 0 Å². The van der Waals surface area contributed by atoms with Crippen molar-refractivity contribution >= 4 is 11.7 Å². The molecule has 4 heterocycles. The van der Waals surface area contributed by atoms with E-state index in [0.29, 0.717) is 38.8 Å². The molecular formula is C16H21N7O3. The van der Waals surface area contributed by atoms with Gasteiger partial charge in [0.2, 0.25) is 5.82 Å². The maximum atomic E-state index is 12.8. The number of hydrogen-bond acceptors (Lipinski definition) is 8. The Bertz CT molecular complexity index is 775. The number of morpholine rings is 2. The summed E-state index contributed by atoms with van der Waals surface area (Å²) >= 11 is 0. The van der Waals surface area contributed by atoms with Gasteiger partial charge >= 0.3 is 0 Å². The van der Waals surface area contributed by atoms with Gasteiger partial charge in [0.1, 0.15) is 18.2 Å². The number of rotatable bonds is 3. The first-order valence-electron chi connectivity index (χ1n) is 8.62. The highest BCUT2D eigenvalue weighted by Gasteiger charge is 2.33. The molecule has 2 aliphatic rings. The van der Waals surface area contributed by atoms with Crippen molar-refractivity contribution in [2.45, 2.75) is 6.04 Å². The maximum absolute atomic E-state index is 12.8. The number of amides is 1. The van der Waals surface area contributed by atoms with Gasteiger partial charge in [-0.3, -0.25) is 9.48 Å². The lowest BCUT2D eigenvalue weighted by molar-refractivity contribution is -0.00585. The number of carbonyl (C=O) groups excluding carboxylic acids is 1. The monoisotopic (exact) mass is 359 g/mol. The number of aromatic nitrogens is 5. The summed E-state index contributed by atoms with van der Waals surface area (Å²) in [5.74, 6) is 1.34. The van der Waals surface area contributed by atoms with Crippen molar-refractivity contribution in [3.8, 4) is 0 Å². The highest BCUT2D eigenvalue weighted by atomic mass is 16.5. The van der Waals surface area contributed by atoms with Gasteiger partial charge < -0.3 is 19.3 Å². The van der Waals surface area contributed by atoms with E-state index in [-0.39, 0.29) is 17.8 Å². The minimum atomic E-state index is -0.360. The summed E-state index contributed by atoms with van der Waals surface area (Å²) in [6, 6.07) is 1.52. The first-order valence-corrected chi connectivity index (χ1v) is 8.62. The van der Waals surface area contributed by atoms with Crippen LogP contribution < -0.4 is 4.90 Å². The number of hydrogen-bond donors (Lipinski definition) is 0. The Balaban J connectivity index is 1.59.